The maximum atomic E-state index is 5.84. The van der Waals surface area contributed by atoms with Crippen LogP contribution in [0.1, 0.15) is 20.8 Å². The predicted molar refractivity (Wildman–Crippen MR) is 64.7 cm³/mol. The van der Waals surface area contributed by atoms with E-state index < -0.39 is 0 Å². The van der Waals surface area contributed by atoms with Gasteiger partial charge in [-0.1, -0.05) is 18.5 Å². The summed E-state index contributed by atoms with van der Waals surface area (Å²) in [7, 11) is 0. The van der Waals surface area contributed by atoms with Gasteiger partial charge in [-0.2, -0.15) is 0 Å². The molecular weight excluding hydrogens is 210 g/mol. The Morgan fingerprint density at radius 2 is 1.87 bits per heavy atom. The minimum absolute atomic E-state index is 0.205. The summed E-state index contributed by atoms with van der Waals surface area (Å²) in [6.07, 6.45) is 0. The number of halogens is 1. The molecule has 0 saturated carbocycles. The van der Waals surface area contributed by atoms with Crippen LogP contribution in [-0.2, 0) is 0 Å². The number of hydrogen-bond acceptors (Lipinski definition) is 2. The zero-order valence-corrected chi connectivity index (χ0v) is 10.3. The van der Waals surface area contributed by atoms with Gasteiger partial charge in [0.15, 0.2) is 0 Å². The highest BCUT2D eigenvalue weighted by atomic mass is 35.5. The molecule has 1 N–H and O–H groups in total. The van der Waals surface area contributed by atoms with E-state index in [1.807, 2.05) is 24.3 Å². The Kier molecular flexibility index (Phi) is 4.43. The van der Waals surface area contributed by atoms with Gasteiger partial charge in [-0.05, 0) is 44.7 Å². The van der Waals surface area contributed by atoms with Gasteiger partial charge in [0.25, 0.3) is 0 Å². The van der Waals surface area contributed by atoms with Crippen LogP contribution >= 0.6 is 11.6 Å². The van der Waals surface area contributed by atoms with Gasteiger partial charge in [-0.15, -0.1) is 0 Å². The van der Waals surface area contributed by atoms with E-state index in [1.165, 1.54) is 0 Å². The molecule has 0 heterocycles. The Morgan fingerprint density at radius 1 is 1.27 bits per heavy atom. The fraction of sp³-hybridized carbons (Fsp3) is 0.500. The van der Waals surface area contributed by atoms with Gasteiger partial charge in [0.05, 0.1) is 0 Å². The molecule has 84 valence electrons. The van der Waals surface area contributed by atoms with Crippen LogP contribution in [0.25, 0.3) is 0 Å². The summed E-state index contributed by atoms with van der Waals surface area (Å²) in [5.41, 5.74) is -0.205. The lowest BCUT2D eigenvalue weighted by Gasteiger charge is -2.26. The number of benzene rings is 1. The van der Waals surface area contributed by atoms with Gasteiger partial charge in [-0.25, -0.2) is 0 Å². The van der Waals surface area contributed by atoms with E-state index in [0.29, 0.717) is 0 Å². The molecule has 3 heteroatoms. The Labute approximate surface area is 96.6 Å². The first-order valence-corrected chi connectivity index (χ1v) is 5.56. The smallest absolute Gasteiger partial charge is 0.120 e. The first-order chi connectivity index (χ1) is 7.03. The van der Waals surface area contributed by atoms with Crippen LogP contribution in [-0.4, -0.2) is 18.7 Å². The molecule has 15 heavy (non-hydrogen) atoms. The highest BCUT2D eigenvalue weighted by molar-refractivity contribution is 6.30. The van der Waals surface area contributed by atoms with Crippen LogP contribution in [0.4, 0.5) is 0 Å². The summed E-state index contributed by atoms with van der Waals surface area (Å²) in [4.78, 5) is 0. The SMILES string of the molecule is CCNCC(C)(C)Oc1ccc(Cl)cc1. The summed E-state index contributed by atoms with van der Waals surface area (Å²) < 4.78 is 5.84. The van der Waals surface area contributed by atoms with E-state index >= 15 is 0 Å². The molecule has 0 aromatic heterocycles. The molecule has 0 aliphatic heterocycles. The molecule has 0 amide bonds. The van der Waals surface area contributed by atoms with Crippen molar-refractivity contribution in [3.63, 3.8) is 0 Å². The Bertz CT molecular complexity index is 295. The third kappa shape index (κ3) is 4.54. The van der Waals surface area contributed by atoms with Crippen LogP contribution in [0.15, 0.2) is 24.3 Å². The molecule has 0 radical (unpaired) electrons. The minimum Gasteiger partial charge on any atom is -0.487 e. The number of ether oxygens (including phenoxy) is 1. The number of rotatable bonds is 5. The predicted octanol–water partition coefficient (Wildman–Crippen LogP) is 3.11. The minimum atomic E-state index is -0.205. The summed E-state index contributed by atoms with van der Waals surface area (Å²) in [5.74, 6) is 0.849. The van der Waals surface area contributed by atoms with E-state index in [0.717, 1.165) is 23.9 Å². The second-order valence-electron chi connectivity index (χ2n) is 4.10. The van der Waals surface area contributed by atoms with Crippen molar-refractivity contribution in [2.75, 3.05) is 13.1 Å². The van der Waals surface area contributed by atoms with E-state index in [1.54, 1.807) is 0 Å². The number of hydrogen-bond donors (Lipinski definition) is 1. The zero-order chi connectivity index (χ0) is 11.3. The molecule has 0 atom stereocenters. The summed E-state index contributed by atoms with van der Waals surface area (Å²) >= 11 is 5.80. The van der Waals surface area contributed by atoms with E-state index in [-0.39, 0.29) is 5.60 Å². The molecule has 0 bridgehead atoms. The van der Waals surface area contributed by atoms with E-state index in [4.69, 9.17) is 16.3 Å². The highest BCUT2D eigenvalue weighted by Gasteiger charge is 2.18. The molecule has 0 fully saturated rings. The zero-order valence-electron chi connectivity index (χ0n) is 9.51. The molecule has 0 saturated heterocycles. The molecule has 0 unspecified atom stereocenters. The van der Waals surface area contributed by atoms with Crippen molar-refractivity contribution in [2.45, 2.75) is 26.4 Å². The summed E-state index contributed by atoms with van der Waals surface area (Å²) in [5, 5.41) is 4.00. The molecule has 1 aromatic carbocycles. The van der Waals surface area contributed by atoms with Crippen LogP contribution in [0, 0.1) is 0 Å². The molecule has 1 rings (SSSR count). The lowest BCUT2D eigenvalue weighted by molar-refractivity contribution is 0.109. The molecule has 0 spiro atoms. The lowest BCUT2D eigenvalue weighted by Crippen LogP contribution is -2.40. The molecule has 1 aromatic rings. The van der Waals surface area contributed by atoms with Crippen molar-refractivity contribution in [1.82, 2.24) is 5.32 Å². The monoisotopic (exact) mass is 227 g/mol. The van der Waals surface area contributed by atoms with E-state index in [9.17, 15) is 0 Å². The first-order valence-electron chi connectivity index (χ1n) is 5.19. The number of likely N-dealkylation sites (N-methyl/N-ethyl adjacent to an activating group) is 1. The number of nitrogens with one attached hydrogen (secondary N) is 1. The third-order valence-electron chi connectivity index (χ3n) is 2.01. The van der Waals surface area contributed by atoms with Crippen LogP contribution in [0.3, 0.4) is 0 Å². The normalized spacial score (nSPS) is 11.5. The average Bonchev–Trinajstić information content (AvgIpc) is 2.18. The van der Waals surface area contributed by atoms with Crippen LogP contribution < -0.4 is 10.1 Å². The van der Waals surface area contributed by atoms with Gasteiger partial charge < -0.3 is 10.1 Å². The van der Waals surface area contributed by atoms with Crippen molar-refractivity contribution in [1.29, 1.82) is 0 Å². The first kappa shape index (κ1) is 12.3. The average molecular weight is 228 g/mol. The summed E-state index contributed by atoms with van der Waals surface area (Å²) in [6, 6.07) is 7.44. The maximum Gasteiger partial charge on any atom is 0.120 e. The second kappa shape index (κ2) is 5.38. The van der Waals surface area contributed by atoms with Crippen molar-refractivity contribution < 1.29 is 4.74 Å². The largest absolute Gasteiger partial charge is 0.487 e. The topological polar surface area (TPSA) is 21.3 Å². The van der Waals surface area contributed by atoms with Gasteiger partial charge in [0, 0.05) is 11.6 Å². The Morgan fingerprint density at radius 3 is 2.40 bits per heavy atom. The second-order valence-corrected chi connectivity index (χ2v) is 4.53. The van der Waals surface area contributed by atoms with Crippen molar-refractivity contribution in [3.05, 3.63) is 29.3 Å². The van der Waals surface area contributed by atoms with E-state index in [2.05, 4.69) is 26.1 Å². The quantitative estimate of drug-likeness (QED) is 0.835. The van der Waals surface area contributed by atoms with Crippen molar-refractivity contribution in [2.24, 2.45) is 0 Å². The molecule has 0 aliphatic rings. The van der Waals surface area contributed by atoms with Gasteiger partial charge in [0.1, 0.15) is 11.4 Å². The van der Waals surface area contributed by atoms with Crippen molar-refractivity contribution >= 4 is 11.6 Å². The fourth-order valence-corrected chi connectivity index (χ4v) is 1.41. The lowest BCUT2D eigenvalue weighted by atomic mass is 10.1. The molecular formula is C12H18ClNO. The third-order valence-corrected chi connectivity index (χ3v) is 2.26. The highest BCUT2D eigenvalue weighted by Crippen LogP contribution is 2.20. The summed E-state index contributed by atoms with van der Waals surface area (Å²) in [6.45, 7) is 7.98. The Hall–Kier alpha value is -0.730. The van der Waals surface area contributed by atoms with Gasteiger partial charge in [0.2, 0.25) is 0 Å². The standard InChI is InChI=1S/C12H18ClNO/c1-4-14-9-12(2,3)15-11-7-5-10(13)6-8-11/h5-8,14H,4,9H2,1-3H3. The van der Waals surface area contributed by atoms with Crippen LogP contribution in [0.5, 0.6) is 5.75 Å². The Balaban J connectivity index is 2.56. The molecule has 2 nitrogen and oxygen atoms in total. The fourth-order valence-electron chi connectivity index (χ4n) is 1.28. The van der Waals surface area contributed by atoms with Gasteiger partial charge in [-0.3, -0.25) is 0 Å². The van der Waals surface area contributed by atoms with Gasteiger partial charge >= 0.3 is 0 Å². The maximum absolute atomic E-state index is 5.84. The van der Waals surface area contributed by atoms with Crippen molar-refractivity contribution in [3.8, 4) is 5.75 Å². The van der Waals surface area contributed by atoms with Crippen LogP contribution in [0.2, 0.25) is 5.02 Å². The molecule has 0 aliphatic carbocycles.